The van der Waals surface area contributed by atoms with Crippen molar-refractivity contribution in [3.63, 3.8) is 0 Å². The molecule has 4 aromatic rings. The molecule has 1 fully saturated rings. The van der Waals surface area contributed by atoms with E-state index in [4.69, 9.17) is 9.15 Å². The van der Waals surface area contributed by atoms with E-state index in [1.54, 1.807) is 48.5 Å². The molecule has 35 heavy (non-hydrogen) atoms. The van der Waals surface area contributed by atoms with Crippen LogP contribution < -0.4 is 4.74 Å². The van der Waals surface area contributed by atoms with Gasteiger partial charge in [0, 0.05) is 23.1 Å². The maximum atomic E-state index is 14.5. The van der Waals surface area contributed by atoms with E-state index in [0.29, 0.717) is 41.6 Å². The molecule has 0 spiro atoms. The molecule has 1 amide bonds. The summed E-state index contributed by atoms with van der Waals surface area (Å²) in [5, 5.41) is 9.81. The van der Waals surface area contributed by atoms with Crippen LogP contribution in [0.3, 0.4) is 0 Å². The van der Waals surface area contributed by atoms with Gasteiger partial charge in [0.25, 0.3) is 5.91 Å². The van der Waals surface area contributed by atoms with Gasteiger partial charge in [-0.15, -0.1) is 0 Å². The number of carboxylic acid groups (broad SMARTS) is 1. The van der Waals surface area contributed by atoms with Gasteiger partial charge >= 0.3 is 5.97 Å². The van der Waals surface area contributed by atoms with E-state index >= 15 is 0 Å². The van der Waals surface area contributed by atoms with Crippen LogP contribution in [0.1, 0.15) is 28.8 Å². The number of benzene rings is 3. The van der Waals surface area contributed by atoms with Crippen LogP contribution in [0, 0.1) is 11.6 Å². The van der Waals surface area contributed by atoms with Crippen LogP contribution in [0.4, 0.5) is 8.78 Å². The zero-order chi connectivity index (χ0) is 24.5. The van der Waals surface area contributed by atoms with Gasteiger partial charge in [-0.2, -0.15) is 4.39 Å². The molecule has 1 aromatic heterocycles. The van der Waals surface area contributed by atoms with Crippen molar-refractivity contribution in [1.82, 2.24) is 4.90 Å². The van der Waals surface area contributed by atoms with Crippen LogP contribution in [0.2, 0.25) is 0 Å². The largest absolute Gasteiger partial charge is 0.489 e. The average Bonchev–Trinajstić information content (AvgIpc) is 3.55. The second kappa shape index (κ2) is 9.21. The number of likely N-dealkylation sites (tertiary alicyclic amines) is 1. The number of furan rings is 1. The molecule has 1 atom stereocenters. The molecule has 0 radical (unpaired) electrons. The van der Waals surface area contributed by atoms with E-state index in [9.17, 15) is 23.5 Å². The molecule has 0 unspecified atom stereocenters. The highest BCUT2D eigenvalue weighted by Gasteiger charge is 2.34. The molecular formula is C27H21F2NO5. The lowest BCUT2D eigenvalue weighted by molar-refractivity contribution is -0.141. The second-order valence-corrected chi connectivity index (χ2v) is 8.40. The summed E-state index contributed by atoms with van der Waals surface area (Å²) in [4.78, 5) is 25.6. The standard InChI is InChI=1S/C27H21F2NO5/c28-23-21(14-18-10-12-34-25(18)24(23)29)17-6-8-20(9-7-17)35-15-16-3-1-4-19(13-16)26(31)30-11-2-5-22(30)27(32)33/h1,3-4,6-10,12-14,22H,2,5,11,15H2,(H,32,33)/t22-/m0/s1. The Balaban J connectivity index is 1.28. The molecule has 0 saturated carbocycles. The van der Waals surface area contributed by atoms with E-state index in [1.165, 1.54) is 17.2 Å². The number of carboxylic acids is 1. The predicted octanol–water partition coefficient (Wildman–Crippen LogP) is 5.65. The Morgan fingerprint density at radius 3 is 2.63 bits per heavy atom. The van der Waals surface area contributed by atoms with Crippen molar-refractivity contribution < 1.29 is 32.6 Å². The van der Waals surface area contributed by atoms with Gasteiger partial charge in [0.1, 0.15) is 18.4 Å². The molecular weight excluding hydrogens is 456 g/mol. The predicted molar refractivity (Wildman–Crippen MR) is 124 cm³/mol. The summed E-state index contributed by atoms with van der Waals surface area (Å²) in [5.41, 5.74) is 1.64. The van der Waals surface area contributed by atoms with Gasteiger partial charge in [-0.3, -0.25) is 4.79 Å². The van der Waals surface area contributed by atoms with Crippen LogP contribution in [0.5, 0.6) is 5.75 Å². The fraction of sp³-hybridized carbons (Fsp3) is 0.185. The molecule has 2 heterocycles. The number of hydrogen-bond donors (Lipinski definition) is 1. The first-order chi connectivity index (χ1) is 16.9. The highest BCUT2D eigenvalue weighted by molar-refractivity contribution is 5.97. The van der Waals surface area contributed by atoms with Crippen molar-refractivity contribution in [1.29, 1.82) is 0 Å². The average molecular weight is 477 g/mol. The summed E-state index contributed by atoms with van der Waals surface area (Å²) in [7, 11) is 0. The zero-order valence-corrected chi connectivity index (χ0v) is 18.5. The van der Waals surface area contributed by atoms with Crippen LogP contribution in [0.15, 0.2) is 71.3 Å². The lowest BCUT2D eigenvalue weighted by Gasteiger charge is -2.21. The van der Waals surface area contributed by atoms with E-state index in [-0.39, 0.29) is 23.7 Å². The fourth-order valence-electron chi connectivity index (χ4n) is 4.38. The molecule has 8 heteroatoms. The number of fused-ring (bicyclic) bond motifs is 1. The number of carbonyl (C=O) groups is 2. The van der Waals surface area contributed by atoms with Gasteiger partial charge in [0.2, 0.25) is 5.82 Å². The van der Waals surface area contributed by atoms with Crippen LogP contribution in [-0.4, -0.2) is 34.5 Å². The Kier molecular flexibility index (Phi) is 5.94. The topological polar surface area (TPSA) is 80.0 Å². The van der Waals surface area contributed by atoms with Gasteiger partial charge in [-0.1, -0.05) is 24.3 Å². The summed E-state index contributed by atoms with van der Waals surface area (Å²) in [5.74, 6) is -2.80. The van der Waals surface area contributed by atoms with Gasteiger partial charge in [0.05, 0.1) is 6.26 Å². The second-order valence-electron chi connectivity index (χ2n) is 8.40. The van der Waals surface area contributed by atoms with Crippen molar-refractivity contribution in [2.75, 3.05) is 6.54 Å². The quantitative estimate of drug-likeness (QED) is 0.388. The van der Waals surface area contributed by atoms with Gasteiger partial charge in [0.15, 0.2) is 11.4 Å². The smallest absolute Gasteiger partial charge is 0.326 e. The Morgan fingerprint density at radius 1 is 1.06 bits per heavy atom. The van der Waals surface area contributed by atoms with Gasteiger partial charge < -0.3 is 19.2 Å². The Labute approximate surface area is 199 Å². The molecule has 6 nitrogen and oxygen atoms in total. The molecule has 0 aliphatic carbocycles. The Bertz CT molecular complexity index is 1410. The van der Waals surface area contributed by atoms with Crippen molar-refractivity contribution in [2.24, 2.45) is 0 Å². The summed E-state index contributed by atoms with van der Waals surface area (Å²) < 4.78 is 39.6. The van der Waals surface area contributed by atoms with Crippen molar-refractivity contribution in [2.45, 2.75) is 25.5 Å². The van der Waals surface area contributed by atoms with Gasteiger partial charge in [-0.05, 0) is 60.4 Å². The number of amides is 1. The number of halogens is 2. The van der Waals surface area contributed by atoms with E-state index in [2.05, 4.69) is 0 Å². The molecule has 1 saturated heterocycles. The molecule has 5 rings (SSSR count). The van der Waals surface area contributed by atoms with Crippen LogP contribution in [0.25, 0.3) is 22.1 Å². The summed E-state index contributed by atoms with van der Waals surface area (Å²) in [6, 6.07) is 15.8. The Hall–Kier alpha value is -4.20. The normalized spacial score (nSPS) is 15.5. The van der Waals surface area contributed by atoms with Crippen molar-refractivity contribution >= 4 is 22.8 Å². The van der Waals surface area contributed by atoms with E-state index in [0.717, 1.165) is 5.56 Å². The third-order valence-electron chi connectivity index (χ3n) is 6.17. The minimum absolute atomic E-state index is 0.116. The molecule has 3 aromatic carbocycles. The van der Waals surface area contributed by atoms with Crippen LogP contribution in [-0.2, 0) is 11.4 Å². The third kappa shape index (κ3) is 4.35. The van der Waals surface area contributed by atoms with E-state index < -0.39 is 23.6 Å². The molecule has 178 valence electrons. The first-order valence-corrected chi connectivity index (χ1v) is 11.1. The number of rotatable bonds is 6. The van der Waals surface area contributed by atoms with Crippen molar-refractivity contribution in [3.05, 3.63) is 89.7 Å². The molecule has 1 aliphatic rings. The number of carbonyl (C=O) groups excluding carboxylic acids is 1. The summed E-state index contributed by atoms with van der Waals surface area (Å²) >= 11 is 0. The fourth-order valence-corrected chi connectivity index (χ4v) is 4.38. The molecule has 1 N–H and O–H groups in total. The molecule has 0 bridgehead atoms. The van der Waals surface area contributed by atoms with Crippen molar-refractivity contribution in [3.8, 4) is 16.9 Å². The first kappa shape index (κ1) is 22.6. The first-order valence-electron chi connectivity index (χ1n) is 11.1. The zero-order valence-electron chi connectivity index (χ0n) is 18.5. The number of aliphatic carboxylic acids is 1. The minimum Gasteiger partial charge on any atom is -0.489 e. The van der Waals surface area contributed by atoms with Crippen LogP contribution >= 0.6 is 0 Å². The SMILES string of the molecule is O=C(O)[C@@H]1CCCN1C(=O)c1cccc(COc2ccc(-c3cc4ccoc4c(F)c3F)cc2)c1. The summed E-state index contributed by atoms with van der Waals surface area (Å²) in [6.45, 7) is 0.591. The van der Waals surface area contributed by atoms with E-state index in [1.807, 2.05) is 6.07 Å². The number of nitrogens with zero attached hydrogens (tertiary/aromatic N) is 1. The third-order valence-corrected chi connectivity index (χ3v) is 6.17. The number of hydrogen-bond acceptors (Lipinski definition) is 4. The van der Waals surface area contributed by atoms with Gasteiger partial charge in [-0.25, -0.2) is 9.18 Å². The maximum Gasteiger partial charge on any atom is 0.326 e. The molecule has 1 aliphatic heterocycles. The number of ether oxygens (including phenoxy) is 1. The minimum atomic E-state index is -1.03. The lowest BCUT2D eigenvalue weighted by Crippen LogP contribution is -2.40. The monoisotopic (exact) mass is 477 g/mol. The highest BCUT2D eigenvalue weighted by Crippen LogP contribution is 2.32. The maximum absolute atomic E-state index is 14.5. The highest BCUT2D eigenvalue weighted by atomic mass is 19.2. The Morgan fingerprint density at radius 2 is 1.86 bits per heavy atom. The lowest BCUT2D eigenvalue weighted by atomic mass is 10.0. The summed E-state index contributed by atoms with van der Waals surface area (Å²) in [6.07, 6.45) is 2.42.